The maximum absolute atomic E-state index is 14.8. The number of aliphatic carboxylic acids is 1. The molecule has 34 heteroatoms. The maximum atomic E-state index is 14.8. The van der Waals surface area contributed by atoms with E-state index < -0.39 is 163 Å². The second-order valence-corrected chi connectivity index (χ2v) is 23.6. The molecule has 12 atom stereocenters. The number of aliphatic hydroxyl groups is 3. The van der Waals surface area contributed by atoms with E-state index in [0.717, 1.165) is 0 Å². The molecule has 524 valence electrons. The van der Waals surface area contributed by atoms with E-state index in [9.17, 15) is 78.0 Å². The summed E-state index contributed by atoms with van der Waals surface area (Å²) in [7, 11) is 0. The number of phenols is 1. The number of amides is 11. The molecule has 0 unspecified atom stereocenters. The van der Waals surface area contributed by atoms with Crippen molar-refractivity contribution in [3.05, 3.63) is 65.9 Å². The van der Waals surface area contributed by atoms with E-state index >= 15 is 0 Å². The summed E-state index contributed by atoms with van der Waals surface area (Å²) in [5.74, 6) is -11.9. The fourth-order valence-electron chi connectivity index (χ4n) is 10.2. The lowest BCUT2D eigenvalue weighted by molar-refractivity contribution is -0.142. The number of rotatable bonds is 39. The Labute approximate surface area is 548 Å². The molecule has 1 aliphatic heterocycles. The first-order valence-electron chi connectivity index (χ1n) is 31.2. The number of aliphatic imine (C=N–C) groups is 1. The molecule has 34 nitrogen and oxygen atoms in total. The fraction of sp³-hybridized carbons (Fsp3) is 0.557. The van der Waals surface area contributed by atoms with Crippen LogP contribution in [0.15, 0.2) is 59.7 Å². The van der Waals surface area contributed by atoms with Gasteiger partial charge in [0.25, 0.3) is 0 Å². The third-order valence-electron chi connectivity index (χ3n) is 15.4. The molecule has 4 rings (SSSR count). The second kappa shape index (κ2) is 38.6. The van der Waals surface area contributed by atoms with Gasteiger partial charge in [-0.25, -0.2) is 0 Å². The molecular weight excluding hydrogens is 1240 g/mol. The Bertz CT molecular complexity index is 3160. The lowest BCUT2D eigenvalue weighted by Gasteiger charge is -2.30. The predicted molar refractivity (Wildman–Crippen MR) is 344 cm³/mol. The Morgan fingerprint density at radius 3 is 1.82 bits per heavy atom. The number of carboxylic acid groups (broad SMARTS) is 1. The van der Waals surface area contributed by atoms with Gasteiger partial charge in [0.2, 0.25) is 65.0 Å². The number of hydrogen-bond donors (Lipinski definition) is 20. The zero-order chi connectivity index (χ0) is 70.6. The summed E-state index contributed by atoms with van der Waals surface area (Å²) in [6.45, 7) is 5.30. The number of aliphatic hydroxyl groups excluding tert-OH is 3. The van der Waals surface area contributed by atoms with Crippen molar-refractivity contribution in [2.45, 2.75) is 171 Å². The average molecular weight is 1340 g/mol. The van der Waals surface area contributed by atoms with Gasteiger partial charge in [-0.05, 0) is 114 Å². The molecule has 0 saturated carbocycles. The van der Waals surface area contributed by atoms with Crippen molar-refractivity contribution in [1.29, 1.82) is 0 Å². The number of nitrogens with one attached hydrogen (secondary N) is 11. The van der Waals surface area contributed by atoms with E-state index in [1.54, 1.807) is 44.3 Å². The van der Waals surface area contributed by atoms with Crippen molar-refractivity contribution in [1.82, 2.24) is 63.1 Å². The number of phenolic OH excluding ortho intramolecular Hbond substituents is 1. The highest BCUT2D eigenvalue weighted by molar-refractivity contribution is 6.00. The molecule has 95 heavy (non-hydrogen) atoms. The second-order valence-electron chi connectivity index (χ2n) is 23.6. The summed E-state index contributed by atoms with van der Waals surface area (Å²) < 4.78 is 0. The summed E-state index contributed by atoms with van der Waals surface area (Å²) in [6, 6.07) is -2.16. The molecule has 3 aromatic rings. The van der Waals surface area contributed by atoms with Crippen LogP contribution in [0.2, 0.25) is 0 Å². The number of carboxylic acids is 1. The molecular formula is C61H93N17O17. The number of aromatic hydroxyl groups is 1. The molecule has 0 bridgehead atoms. The average Bonchev–Trinajstić information content (AvgIpc) is 1.75. The Hall–Kier alpha value is -9.51. The van der Waals surface area contributed by atoms with Gasteiger partial charge in [-0.2, -0.15) is 0 Å². The zero-order valence-electron chi connectivity index (χ0n) is 53.9. The van der Waals surface area contributed by atoms with Crippen LogP contribution in [-0.4, -0.2) is 224 Å². The van der Waals surface area contributed by atoms with Gasteiger partial charge in [0.15, 0.2) is 5.96 Å². The van der Waals surface area contributed by atoms with Gasteiger partial charge in [-0.15, -0.1) is 0 Å². The third kappa shape index (κ3) is 25.4. The number of benzene rings is 2. The van der Waals surface area contributed by atoms with Crippen molar-refractivity contribution in [3.8, 4) is 5.75 Å². The van der Waals surface area contributed by atoms with Crippen LogP contribution in [0.1, 0.15) is 97.1 Å². The topological polar surface area (TPSA) is 562 Å². The number of carbonyl (C=O) groups excluding carboxylic acids is 11. The van der Waals surface area contributed by atoms with Crippen LogP contribution in [0, 0.1) is 5.92 Å². The smallest absolute Gasteiger partial charge is 0.322 e. The van der Waals surface area contributed by atoms with E-state index in [-0.39, 0.29) is 88.6 Å². The number of guanidine groups is 1. The van der Waals surface area contributed by atoms with E-state index in [1.807, 2.05) is 0 Å². The minimum atomic E-state index is -1.75. The third-order valence-corrected chi connectivity index (χ3v) is 15.4. The largest absolute Gasteiger partial charge is 0.508 e. The predicted octanol–water partition coefficient (Wildman–Crippen LogP) is -5.83. The minimum Gasteiger partial charge on any atom is -0.508 e. The van der Waals surface area contributed by atoms with Crippen molar-refractivity contribution in [3.63, 3.8) is 0 Å². The van der Waals surface area contributed by atoms with Crippen molar-refractivity contribution < 1.29 is 83.1 Å². The van der Waals surface area contributed by atoms with Gasteiger partial charge in [0, 0.05) is 43.0 Å². The van der Waals surface area contributed by atoms with Crippen LogP contribution < -0.4 is 76.1 Å². The number of likely N-dealkylation sites (tertiary alicyclic amines) is 1. The number of aromatic nitrogens is 1. The molecule has 1 fully saturated rings. The molecule has 0 spiro atoms. The number of nitrogens with zero attached hydrogens (tertiary/aromatic N) is 2. The van der Waals surface area contributed by atoms with E-state index in [0.29, 0.717) is 34.9 Å². The fourth-order valence-corrected chi connectivity index (χ4v) is 10.2. The molecule has 0 aliphatic carbocycles. The Balaban J connectivity index is 1.59. The molecule has 1 aliphatic rings. The van der Waals surface area contributed by atoms with Crippen molar-refractivity contribution in [2.24, 2.45) is 33.8 Å². The monoisotopic (exact) mass is 1340 g/mol. The van der Waals surface area contributed by atoms with E-state index in [4.69, 9.17) is 28.0 Å². The lowest BCUT2D eigenvalue weighted by Crippen LogP contribution is -2.62. The number of unbranched alkanes of at least 4 members (excludes halogenated alkanes) is 1. The first-order chi connectivity index (χ1) is 44.9. The highest BCUT2D eigenvalue weighted by Gasteiger charge is 2.40. The first-order valence-corrected chi connectivity index (χ1v) is 31.2. The molecule has 11 amide bonds. The van der Waals surface area contributed by atoms with Crippen molar-refractivity contribution in [2.75, 3.05) is 39.3 Å². The van der Waals surface area contributed by atoms with Crippen LogP contribution in [0.3, 0.4) is 0 Å². The summed E-state index contributed by atoms with van der Waals surface area (Å²) in [5.41, 5.74) is 23.9. The molecule has 0 radical (unpaired) electrons. The van der Waals surface area contributed by atoms with Gasteiger partial charge in [0.1, 0.15) is 72.7 Å². The number of H-pyrrole nitrogens is 1. The Morgan fingerprint density at radius 1 is 0.642 bits per heavy atom. The number of aromatic amines is 1. The lowest BCUT2D eigenvalue weighted by atomic mass is 10.0. The van der Waals surface area contributed by atoms with Crippen LogP contribution in [0.25, 0.3) is 10.9 Å². The van der Waals surface area contributed by atoms with Gasteiger partial charge in [-0.3, -0.25) is 62.5 Å². The summed E-state index contributed by atoms with van der Waals surface area (Å²) in [5, 5.41) is 75.8. The number of carbonyl (C=O) groups is 12. The SMILES string of the molecule is CC(C)C[C@H](NC(=O)[C@H](CO)NC(=O)[C@H](Cc1c[nH]c2ccccc12)NC(=O)[C@H](Cc1ccc(O)cc1)NC(=O)[C@H](C)NC(=O)[C@H](CCCCN)NC(=O)[C@@H](NC(=O)[C@H](CCCN=C(N)N)NC(=O)[C@@H](N)[C@@H](C)O)[C@@H](C)O)C(=O)N1CCC[C@H]1C(=O)NCC(=O)NCC(=O)O. The van der Waals surface area contributed by atoms with Gasteiger partial charge in [0.05, 0.1) is 25.4 Å². The van der Waals surface area contributed by atoms with E-state index in [2.05, 4.69) is 63.1 Å². The quantitative estimate of drug-likeness (QED) is 0.0144. The van der Waals surface area contributed by atoms with Crippen LogP contribution >= 0.6 is 0 Å². The molecule has 1 saturated heterocycles. The first kappa shape index (κ1) is 77.9. The van der Waals surface area contributed by atoms with Crippen LogP contribution in [-0.2, 0) is 70.4 Å². The summed E-state index contributed by atoms with van der Waals surface area (Å²) in [4.78, 5) is 171. The number of nitrogens with two attached hydrogens (primary N) is 4. The van der Waals surface area contributed by atoms with Crippen LogP contribution in [0.5, 0.6) is 5.75 Å². The van der Waals surface area contributed by atoms with E-state index in [1.165, 1.54) is 49.9 Å². The van der Waals surface area contributed by atoms with Gasteiger partial charge < -0.3 is 112 Å². The van der Waals surface area contributed by atoms with Crippen LogP contribution in [0.4, 0.5) is 0 Å². The highest BCUT2D eigenvalue weighted by atomic mass is 16.4. The Kier molecular flexibility index (Phi) is 31.7. The number of hydrogen-bond acceptors (Lipinski definition) is 19. The van der Waals surface area contributed by atoms with Gasteiger partial charge >= 0.3 is 5.97 Å². The number of para-hydroxylation sites is 1. The molecule has 2 aromatic carbocycles. The minimum absolute atomic E-state index is 0.0326. The van der Waals surface area contributed by atoms with Gasteiger partial charge in [-0.1, -0.05) is 44.2 Å². The summed E-state index contributed by atoms with van der Waals surface area (Å²) >= 11 is 0. The maximum Gasteiger partial charge on any atom is 0.322 e. The summed E-state index contributed by atoms with van der Waals surface area (Å²) in [6.07, 6.45) is -0.670. The zero-order valence-corrected chi connectivity index (χ0v) is 53.9. The highest BCUT2D eigenvalue weighted by Crippen LogP contribution is 2.22. The standard InChI is InChI=1S/C61H93N17O17/c1-31(2)24-44(60(95)78-23-11-16-46(78)57(92)69-28-47(83)68-29-48(84)85)75-56(91)45(30-79)76-55(90)43(26-36-27-67-39-13-7-6-12-38(36)39)74-54(89)42(25-35-17-19-37(82)20-18-35)73-51(86)32(3)70-52(87)40(14-8-9-21-62)72-59(94)50(34(5)81)77-53(88)41(15-10-22-66-61(64)65)71-58(93)49(63)33(4)80/h6-7,12-13,17-20,27,31-34,40-46,49-50,67,79-82H,8-11,14-16,21-26,28-30,62-63H2,1-5H3,(H,68,83)(H,69,92)(H,70,87)(H,71,93)(H,72,94)(H,73,86)(H,74,89)(H,75,91)(H,76,90)(H,77,88)(H,84,85)(H4,64,65,66)/t32-,33+,34+,40-,41-,42-,43-,44-,45-,46-,49-,50-/m0/s1. The molecule has 2 heterocycles. The van der Waals surface area contributed by atoms with Crippen molar-refractivity contribution >= 4 is 87.8 Å². The normalized spacial score (nSPS) is 16.3. The Morgan fingerprint density at radius 2 is 1.21 bits per heavy atom. The molecule has 1 aromatic heterocycles. The molecule has 24 N–H and O–H groups in total. The number of fused-ring (bicyclic) bond motifs is 1.